The predicted octanol–water partition coefficient (Wildman–Crippen LogP) is 3.57. The lowest BCUT2D eigenvalue weighted by atomic mass is 10.1. The Bertz CT molecular complexity index is 983. The second kappa shape index (κ2) is 7.67. The van der Waals surface area contributed by atoms with Gasteiger partial charge in [-0.15, -0.1) is 0 Å². The minimum absolute atomic E-state index is 0.165. The minimum atomic E-state index is -3.60. The Morgan fingerprint density at radius 2 is 1.79 bits per heavy atom. The number of amides is 1. The maximum atomic E-state index is 12.8. The van der Waals surface area contributed by atoms with Crippen molar-refractivity contribution in [2.24, 2.45) is 0 Å². The van der Waals surface area contributed by atoms with Crippen molar-refractivity contribution < 1.29 is 13.2 Å². The van der Waals surface area contributed by atoms with Gasteiger partial charge in [-0.1, -0.05) is 19.9 Å². The molecule has 154 valence electrons. The van der Waals surface area contributed by atoms with Crippen LogP contribution < -0.4 is 5.32 Å². The van der Waals surface area contributed by atoms with Crippen molar-refractivity contribution in [2.45, 2.75) is 57.9 Å². The number of carbonyl (C=O) groups excluding carboxylic acids is 1. The van der Waals surface area contributed by atoms with E-state index >= 15 is 0 Å². The number of carbonyl (C=O) groups is 1. The number of rotatable bonds is 5. The van der Waals surface area contributed by atoms with Crippen molar-refractivity contribution >= 4 is 21.6 Å². The third-order valence-electron chi connectivity index (χ3n) is 4.40. The second-order valence-electron chi connectivity index (χ2n) is 8.41. The van der Waals surface area contributed by atoms with Gasteiger partial charge in [0.15, 0.2) is 5.69 Å². The van der Waals surface area contributed by atoms with E-state index in [0.717, 1.165) is 10.00 Å². The normalized spacial score (nSPS) is 12.6. The van der Waals surface area contributed by atoms with E-state index in [1.165, 1.54) is 20.2 Å². The number of benzene rings is 1. The zero-order chi connectivity index (χ0) is 21.4. The Kier molecular flexibility index (Phi) is 6.06. The molecule has 1 N–H and O–H groups in total. The van der Waals surface area contributed by atoms with E-state index in [-0.39, 0.29) is 22.3 Å². The average Bonchev–Trinajstić information content (AvgIpc) is 3.02. The molecule has 7 nitrogen and oxygen atoms in total. The van der Waals surface area contributed by atoms with Crippen LogP contribution in [0.15, 0.2) is 29.2 Å². The van der Waals surface area contributed by atoms with E-state index in [0.29, 0.717) is 16.9 Å². The van der Waals surface area contributed by atoms with Crippen LogP contribution in [0.3, 0.4) is 0 Å². The van der Waals surface area contributed by atoms with E-state index < -0.39 is 10.0 Å². The number of sulfonamides is 1. The number of nitrogens with zero attached hydrogens (tertiary/aromatic N) is 3. The lowest BCUT2D eigenvalue weighted by Gasteiger charge is -2.23. The maximum Gasteiger partial charge on any atom is 0.276 e. The third kappa shape index (κ3) is 4.44. The summed E-state index contributed by atoms with van der Waals surface area (Å²) in [6.07, 6.45) is 0. The standard InChI is InChI=1S/C20H30N4O3S/c1-13(2)17-12-16(22-24(17)20(4,5)6)19(25)21-15-10-9-14(3)18(11-15)28(26,27)23(7)8/h9-13H,1-8H3,(H,21,25). The Morgan fingerprint density at radius 1 is 1.18 bits per heavy atom. The highest BCUT2D eigenvalue weighted by molar-refractivity contribution is 7.89. The minimum Gasteiger partial charge on any atom is -0.321 e. The first-order valence-corrected chi connectivity index (χ1v) is 10.6. The number of anilines is 1. The summed E-state index contributed by atoms with van der Waals surface area (Å²) in [5, 5.41) is 7.26. The van der Waals surface area contributed by atoms with Gasteiger partial charge in [0, 0.05) is 25.5 Å². The fraction of sp³-hybridized carbons (Fsp3) is 0.500. The fourth-order valence-corrected chi connectivity index (χ4v) is 3.95. The molecule has 0 fully saturated rings. The number of aryl methyl sites for hydroxylation is 1. The van der Waals surface area contributed by atoms with E-state index in [9.17, 15) is 13.2 Å². The van der Waals surface area contributed by atoms with Crippen LogP contribution >= 0.6 is 0 Å². The zero-order valence-corrected chi connectivity index (χ0v) is 18.7. The molecule has 1 aromatic heterocycles. The Balaban J connectivity index is 2.39. The van der Waals surface area contributed by atoms with Gasteiger partial charge in [-0.25, -0.2) is 12.7 Å². The monoisotopic (exact) mass is 406 g/mol. The molecule has 0 radical (unpaired) electrons. The van der Waals surface area contributed by atoms with E-state index in [2.05, 4.69) is 24.3 Å². The highest BCUT2D eigenvalue weighted by Gasteiger charge is 2.24. The summed E-state index contributed by atoms with van der Waals surface area (Å²) in [5.74, 6) is -0.161. The van der Waals surface area contributed by atoms with Gasteiger partial charge in [0.05, 0.1) is 10.4 Å². The van der Waals surface area contributed by atoms with Crippen LogP contribution in [-0.4, -0.2) is 42.5 Å². The van der Waals surface area contributed by atoms with Crippen LogP contribution in [0, 0.1) is 6.92 Å². The molecule has 8 heteroatoms. The lowest BCUT2D eigenvalue weighted by molar-refractivity contribution is 0.102. The summed E-state index contributed by atoms with van der Waals surface area (Å²) >= 11 is 0. The van der Waals surface area contributed by atoms with Crippen LogP contribution in [0.5, 0.6) is 0 Å². The highest BCUT2D eigenvalue weighted by Crippen LogP contribution is 2.25. The van der Waals surface area contributed by atoms with E-state index in [4.69, 9.17) is 0 Å². The Labute approximate surface area is 167 Å². The van der Waals surface area contributed by atoms with Crippen molar-refractivity contribution in [2.75, 3.05) is 19.4 Å². The predicted molar refractivity (Wildman–Crippen MR) is 111 cm³/mol. The molecule has 0 aliphatic carbocycles. The smallest absolute Gasteiger partial charge is 0.276 e. The fourth-order valence-electron chi connectivity index (χ4n) is 2.80. The second-order valence-corrected chi connectivity index (χ2v) is 10.5. The number of hydrogen-bond acceptors (Lipinski definition) is 4. The Morgan fingerprint density at radius 3 is 2.25 bits per heavy atom. The van der Waals surface area contributed by atoms with Crippen LogP contribution in [0.2, 0.25) is 0 Å². The summed E-state index contributed by atoms with van der Waals surface area (Å²) < 4.78 is 28.0. The van der Waals surface area contributed by atoms with Gasteiger partial charge in [-0.2, -0.15) is 5.10 Å². The molecule has 0 aliphatic rings. The molecule has 1 amide bonds. The Hall–Kier alpha value is -2.19. The summed E-state index contributed by atoms with van der Waals surface area (Å²) in [6.45, 7) is 11.9. The first-order chi connectivity index (χ1) is 12.7. The van der Waals surface area contributed by atoms with Crippen LogP contribution in [0.1, 0.15) is 62.3 Å². The maximum absolute atomic E-state index is 12.8. The van der Waals surface area contributed by atoms with Gasteiger partial charge in [0.1, 0.15) is 0 Å². The molecule has 0 saturated heterocycles. The van der Waals surface area contributed by atoms with Crippen molar-refractivity contribution in [3.8, 4) is 0 Å². The number of nitrogens with one attached hydrogen (secondary N) is 1. The first kappa shape index (κ1) is 22.1. The highest BCUT2D eigenvalue weighted by atomic mass is 32.2. The van der Waals surface area contributed by atoms with Gasteiger partial charge in [-0.05, 0) is 57.4 Å². The molecule has 2 rings (SSSR count). The SMILES string of the molecule is Cc1ccc(NC(=O)c2cc(C(C)C)n(C(C)(C)C)n2)cc1S(=O)(=O)N(C)C. The van der Waals surface area contributed by atoms with Crippen LogP contribution in [0.4, 0.5) is 5.69 Å². The van der Waals surface area contributed by atoms with Crippen molar-refractivity contribution in [1.29, 1.82) is 0 Å². The van der Waals surface area contributed by atoms with Gasteiger partial charge in [-0.3, -0.25) is 9.48 Å². The molecule has 0 atom stereocenters. The zero-order valence-electron chi connectivity index (χ0n) is 17.9. The van der Waals surface area contributed by atoms with Crippen LogP contribution in [0.25, 0.3) is 0 Å². The first-order valence-electron chi connectivity index (χ1n) is 9.20. The van der Waals surface area contributed by atoms with Gasteiger partial charge >= 0.3 is 0 Å². The summed E-state index contributed by atoms with van der Waals surface area (Å²) in [5.41, 5.74) is 2.04. The largest absolute Gasteiger partial charge is 0.321 e. The van der Waals surface area contributed by atoms with Crippen molar-refractivity contribution in [3.05, 3.63) is 41.2 Å². The topological polar surface area (TPSA) is 84.3 Å². The summed E-state index contributed by atoms with van der Waals surface area (Å²) in [4.78, 5) is 12.9. The molecule has 28 heavy (non-hydrogen) atoms. The molecule has 0 aliphatic heterocycles. The summed E-state index contributed by atoms with van der Waals surface area (Å²) in [6, 6.07) is 6.63. The number of hydrogen-bond donors (Lipinski definition) is 1. The van der Waals surface area contributed by atoms with Gasteiger partial charge < -0.3 is 5.32 Å². The van der Waals surface area contributed by atoms with E-state index in [1.54, 1.807) is 25.1 Å². The molecular formula is C20H30N4O3S. The van der Waals surface area contributed by atoms with Crippen LogP contribution in [-0.2, 0) is 15.6 Å². The molecule has 1 heterocycles. The molecular weight excluding hydrogens is 376 g/mol. The molecule has 1 aromatic carbocycles. The summed E-state index contributed by atoms with van der Waals surface area (Å²) in [7, 11) is -0.644. The van der Waals surface area contributed by atoms with Gasteiger partial charge in [0.25, 0.3) is 5.91 Å². The molecule has 2 aromatic rings. The molecule has 0 unspecified atom stereocenters. The number of aromatic nitrogens is 2. The lowest BCUT2D eigenvalue weighted by Crippen LogP contribution is -2.26. The third-order valence-corrected chi connectivity index (χ3v) is 6.36. The molecule has 0 saturated carbocycles. The van der Waals surface area contributed by atoms with Crippen molar-refractivity contribution in [1.82, 2.24) is 14.1 Å². The molecule has 0 bridgehead atoms. The van der Waals surface area contributed by atoms with Gasteiger partial charge in [0.2, 0.25) is 10.0 Å². The van der Waals surface area contributed by atoms with Crippen molar-refractivity contribution in [3.63, 3.8) is 0 Å². The molecule has 0 spiro atoms. The van der Waals surface area contributed by atoms with E-state index in [1.807, 2.05) is 25.5 Å². The average molecular weight is 407 g/mol. The quantitative estimate of drug-likeness (QED) is 0.823.